The summed E-state index contributed by atoms with van der Waals surface area (Å²) in [5.74, 6) is 0.809. The van der Waals surface area contributed by atoms with E-state index in [1.165, 1.54) is 0 Å². The van der Waals surface area contributed by atoms with Crippen molar-refractivity contribution in [2.75, 3.05) is 0 Å². The summed E-state index contributed by atoms with van der Waals surface area (Å²) >= 11 is 5.93. The summed E-state index contributed by atoms with van der Waals surface area (Å²) in [5, 5.41) is 8.53. The van der Waals surface area contributed by atoms with Crippen molar-refractivity contribution in [1.82, 2.24) is 19.6 Å². The van der Waals surface area contributed by atoms with Gasteiger partial charge in [-0.05, 0) is 19.8 Å². The first-order valence-electron chi connectivity index (χ1n) is 5.26. The van der Waals surface area contributed by atoms with E-state index in [2.05, 4.69) is 22.1 Å². The summed E-state index contributed by atoms with van der Waals surface area (Å²) < 4.78 is 7.61. The lowest BCUT2D eigenvalue weighted by molar-refractivity contribution is 0.0497. The van der Waals surface area contributed by atoms with Gasteiger partial charge in [0.2, 0.25) is 0 Å². The lowest BCUT2D eigenvalue weighted by Gasteiger charge is -2.08. The number of fused-ring (bicyclic) bond motifs is 1. The fourth-order valence-corrected chi connectivity index (χ4v) is 2.21. The Bertz CT molecular complexity index is 527. The average molecular weight is 239 g/mol. The molecule has 2 aromatic rings. The first kappa shape index (κ1) is 9.99. The monoisotopic (exact) mass is 238 g/mol. The molecule has 1 saturated heterocycles. The zero-order valence-corrected chi connectivity index (χ0v) is 9.55. The highest BCUT2D eigenvalue weighted by atomic mass is 35.5. The molecular formula is C10H11ClN4O. The molecule has 2 atom stereocenters. The van der Waals surface area contributed by atoms with Gasteiger partial charge in [0.25, 0.3) is 0 Å². The number of aromatic nitrogens is 4. The molecule has 84 valence electrons. The summed E-state index contributed by atoms with van der Waals surface area (Å²) in [6.45, 7) is 2.07. The molecule has 1 aliphatic heterocycles. The minimum Gasteiger partial charge on any atom is -0.367 e. The van der Waals surface area contributed by atoms with Crippen LogP contribution in [0.5, 0.6) is 0 Å². The van der Waals surface area contributed by atoms with E-state index in [-0.39, 0.29) is 12.2 Å². The molecule has 1 aliphatic rings. The van der Waals surface area contributed by atoms with E-state index in [0.717, 1.165) is 18.7 Å². The molecule has 0 saturated carbocycles. The van der Waals surface area contributed by atoms with Crippen molar-refractivity contribution < 1.29 is 4.74 Å². The Balaban J connectivity index is 2.08. The maximum atomic E-state index is 5.93. The van der Waals surface area contributed by atoms with Crippen LogP contribution in [0, 0.1) is 0 Å². The number of rotatable bonds is 1. The second-order valence-corrected chi connectivity index (χ2v) is 4.34. The van der Waals surface area contributed by atoms with Crippen molar-refractivity contribution >= 4 is 17.2 Å². The van der Waals surface area contributed by atoms with Gasteiger partial charge in [-0.15, -0.1) is 10.2 Å². The van der Waals surface area contributed by atoms with Gasteiger partial charge in [-0.1, -0.05) is 11.6 Å². The van der Waals surface area contributed by atoms with Crippen molar-refractivity contribution in [3.63, 3.8) is 0 Å². The van der Waals surface area contributed by atoms with E-state index in [9.17, 15) is 0 Å². The smallest absolute Gasteiger partial charge is 0.198 e. The van der Waals surface area contributed by atoms with E-state index in [1.54, 1.807) is 6.20 Å². The van der Waals surface area contributed by atoms with E-state index < -0.39 is 0 Å². The molecule has 2 unspecified atom stereocenters. The van der Waals surface area contributed by atoms with Gasteiger partial charge in [0.15, 0.2) is 16.6 Å². The van der Waals surface area contributed by atoms with Crippen molar-refractivity contribution in [3.8, 4) is 0 Å². The summed E-state index contributed by atoms with van der Waals surface area (Å²) in [7, 11) is 0. The van der Waals surface area contributed by atoms with Gasteiger partial charge >= 0.3 is 0 Å². The fourth-order valence-electron chi connectivity index (χ4n) is 2.03. The number of hydrogen-bond donors (Lipinski definition) is 0. The summed E-state index contributed by atoms with van der Waals surface area (Å²) in [4.78, 5) is 3.96. The Labute approximate surface area is 97.4 Å². The molecule has 16 heavy (non-hydrogen) atoms. The van der Waals surface area contributed by atoms with E-state index in [0.29, 0.717) is 10.8 Å². The van der Waals surface area contributed by atoms with Gasteiger partial charge in [-0.3, -0.25) is 4.40 Å². The van der Waals surface area contributed by atoms with Crippen LogP contribution in [-0.4, -0.2) is 25.7 Å². The van der Waals surface area contributed by atoms with Crippen molar-refractivity contribution in [1.29, 1.82) is 0 Å². The van der Waals surface area contributed by atoms with Crippen molar-refractivity contribution in [3.05, 3.63) is 23.4 Å². The second kappa shape index (κ2) is 3.68. The zero-order chi connectivity index (χ0) is 11.1. The molecule has 3 heterocycles. The highest BCUT2D eigenvalue weighted by Crippen LogP contribution is 2.31. The van der Waals surface area contributed by atoms with Crippen LogP contribution in [0.25, 0.3) is 5.65 Å². The largest absolute Gasteiger partial charge is 0.367 e. The van der Waals surface area contributed by atoms with Crippen molar-refractivity contribution in [2.24, 2.45) is 0 Å². The number of hydrogen-bond acceptors (Lipinski definition) is 4. The molecule has 0 bridgehead atoms. The first-order chi connectivity index (χ1) is 7.75. The maximum Gasteiger partial charge on any atom is 0.198 e. The maximum absolute atomic E-state index is 5.93. The molecular weight excluding hydrogens is 228 g/mol. The SMILES string of the molecule is CC1CCC(c2nnc3c(Cl)nccn23)O1. The van der Waals surface area contributed by atoms with Gasteiger partial charge < -0.3 is 4.74 Å². The molecule has 2 aromatic heterocycles. The Hall–Kier alpha value is -1.20. The Kier molecular flexibility index (Phi) is 2.29. The molecule has 0 radical (unpaired) electrons. The summed E-state index contributed by atoms with van der Waals surface area (Å²) in [6.07, 6.45) is 5.78. The molecule has 3 rings (SSSR count). The summed E-state index contributed by atoms with van der Waals surface area (Å²) in [5.41, 5.74) is 0.585. The van der Waals surface area contributed by atoms with E-state index in [4.69, 9.17) is 16.3 Å². The minimum absolute atomic E-state index is 0.0171. The number of ether oxygens (including phenoxy) is 1. The first-order valence-corrected chi connectivity index (χ1v) is 5.64. The van der Waals surface area contributed by atoms with Gasteiger partial charge in [0.1, 0.15) is 6.10 Å². The molecule has 5 nitrogen and oxygen atoms in total. The Morgan fingerprint density at radius 2 is 2.31 bits per heavy atom. The van der Waals surface area contributed by atoms with Crippen molar-refractivity contribution in [2.45, 2.75) is 32.0 Å². The highest BCUT2D eigenvalue weighted by molar-refractivity contribution is 6.32. The third-order valence-electron chi connectivity index (χ3n) is 2.83. The topological polar surface area (TPSA) is 52.3 Å². The number of halogens is 1. The molecule has 0 amide bonds. The fraction of sp³-hybridized carbons (Fsp3) is 0.500. The van der Waals surface area contributed by atoms with Crippen LogP contribution in [0.4, 0.5) is 0 Å². The van der Waals surface area contributed by atoms with Crippen LogP contribution in [0.2, 0.25) is 5.15 Å². The molecule has 0 aliphatic carbocycles. The standard InChI is InChI=1S/C10H11ClN4O/c1-6-2-3-7(16-6)9-13-14-10-8(11)12-4-5-15(9)10/h4-7H,2-3H2,1H3. The second-order valence-electron chi connectivity index (χ2n) is 3.98. The predicted molar refractivity (Wildman–Crippen MR) is 58.3 cm³/mol. The van der Waals surface area contributed by atoms with Crippen LogP contribution in [0.1, 0.15) is 31.7 Å². The molecule has 1 fully saturated rings. The third kappa shape index (κ3) is 1.47. The van der Waals surface area contributed by atoms with Gasteiger partial charge in [0, 0.05) is 12.4 Å². The average Bonchev–Trinajstić information content (AvgIpc) is 2.84. The van der Waals surface area contributed by atoms with Crippen LogP contribution in [0.3, 0.4) is 0 Å². The van der Waals surface area contributed by atoms with Crippen LogP contribution in [-0.2, 0) is 4.74 Å². The predicted octanol–water partition coefficient (Wildman–Crippen LogP) is 2.02. The van der Waals surface area contributed by atoms with Crippen LogP contribution < -0.4 is 0 Å². The highest BCUT2D eigenvalue weighted by Gasteiger charge is 2.27. The Morgan fingerprint density at radius 1 is 1.44 bits per heavy atom. The Morgan fingerprint density at radius 3 is 3.06 bits per heavy atom. The lowest BCUT2D eigenvalue weighted by Crippen LogP contribution is -2.05. The quantitative estimate of drug-likeness (QED) is 0.763. The van der Waals surface area contributed by atoms with Crippen LogP contribution >= 0.6 is 11.6 Å². The minimum atomic E-state index is 0.0171. The van der Waals surface area contributed by atoms with E-state index in [1.807, 2.05) is 10.6 Å². The van der Waals surface area contributed by atoms with Crippen LogP contribution in [0.15, 0.2) is 12.4 Å². The molecule has 0 spiro atoms. The third-order valence-corrected chi connectivity index (χ3v) is 3.10. The van der Waals surface area contributed by atoms with Gasteiger partial charge in [-0.25, -0.2) is 4.98 Å². The van der Waals surface area contributed by atoms with Gasteiger partial charge in [-0.2, -0.15) is 0 Å². The normalized spacial score (nSPS) is 25.4. The zero-order valence-electron chi connectivity index (χ0n) is 8.80. The summed E-state index contributed by atoms with van der Waals surface area (Å²) in [6, 6.07) is 0. The lowest BCUT2D eigenvalue weighted by atomic mass is 10.2. The number of nitrogens with zero attached hydrogens (tertiary/aromatic N) is 4. The molecule has 6 heteroatoms. The molecule has 0 N–H and O–H groups in total. The van der Waals surface area contributed by atoms with Gasteiger partial charge in [0.05, 0.1) is 6.10 Å². The molecule has 0 aromatic carbocycles. The van der Waals surface area contributed by atoms with E-state index >= 15 is 0 Å².